The number of methoxy groups -OCH3 is 1. The molecule has 0 radical (unpaired) electrons. The van der Waals surface area contributed by atoms with E-state index in [0.717, 1.165) is 10.0 Å². The highest BCUT2D eigenvalue weighted by Crippen LogP contribution is 2.54. The average Bonchev–Trinajstić information content (AvgIpc) is 2.97. The number of anilines is 1. The van der Waals surface area contributed by atoms with E-state index >= 15 is 0 Å². The largest absolute Gasteiger partial charge is 0.466 e. The molecule has 1 spiro atoms. The number of allylic oxidation sites excluding steroid dienone is 1. The van der Waals surface area contributed by atoms with Crippen LogP contribution in [0, 0.1) is 11.3 Å². The molecule has 2 aromatic rings. The number of benzene rings is 2. The van der Waals surface area contributed by atoms with Gasteiger partial charge in [-0.2, -0.15) is 5.26 Å². The highest BCUT2D eigenvalue weighted by molar-refractivity contribution is 9.10. The summed E-state index contributed by atoms with van der Waals surface area (Å²) < 4.78 is 11.3. The number of hydrogen-bond donors (Lipinski definition) is 1. The molecule has 0 bridgehead atoms. The summed E-state index contributed by atoms with van der Waals surface area (Å²) in [7, 11) is 1.22. The van der Waals surface area contributed by atoms with Crippen molar-refractivity contribution in [3.05, 3.63) is 86.9 Å². The lowest BCUT2D eigenvalue weighted by Crippen LogP contribution is -2.48. The van der Waals surface area contributed by atoms with Crippen molar-refractivity contribution >= 4 is 33.5 Å². The number of amides is 1. The number of nitrogens with two attached hydrogens (primary N) is 1. The Balaban J connectivity index is 2.00. The van der Waals surface area contributed by atoms with Gasteiger partial charge in [0.15, 0.2) is 5.41 Å². The van der Waals surface area contributed by atoms with Crippen molar-refractivity contribution < 1.29 is 19.1 Å². The van der Waals surface area contributed by atoms with E-state index in [1.165, 1.54) is 14.0 Å². The minimum Gasteiger partial charge on any atom is -0.466 e. The number of fused-ring (bicyclic) bond motifs is 2. The van der Waals surface area contributed by atoms with E-state index in [0.29, 0.717) is 11.3 Å². The first kappa shape index (κ1) is 20.7. The molecule has 0 aromatic heterocycles. The minimum absolute atomic E-state index is 0.0463. The highest BCUT2D eigenvalue weighted by atomic mass is 79.9. The molecule has 2 aromatic carbocycles. The van der Waals surface area contributed by atoms with E-state index in [2.05, 4.69) is 15.9 Å². The monoisotopic (exact) mass is 479 g/mol. The molecule has 156 valence electrons. The zero-order valence-electron chi connectivity index (χ0n) is 16.8. The lowest BCUT2D eigenvalue weighted by atomic mass is 9.68. The van der Waals surface area contributed by atoms with E-state index in [4.69, 9.17) is 15.2 Å². The van der Waals surface area contributed by atoms with Crippen LogP contribution < -0.4 is 10.6 Å². The Kier molecular flexibility index (Phi) is 5.07. The third-order valence-electron chi connectivity index (χ3n) is 5.51. The lowest BCUT2D eigenvalue weighted by molar-refractivity contribution is -0.138. The molecular weight excluding hydrogens is 462 g/mol. The van der Waals surface area contributed by atoms with Gasteiger partial charge in [0.2, 0.25) is 11.8 Å². The zero-order chi connectivity index (χ0) is 22.3. The molecule has 0 saturated carbocycles. The van der Waals surface area contributed by atoms with Crippen LogP contribution in [0.3, 0.4) is 0 Å². The van der Waals surface area contributed by atoms with Gasteiger partial charge in [-0.1, -0.05) is 46.3 Å². The summed E-state index contributed by atoms with van der Waals surface area (Å²) in [5.41, 5.74) is 6.07. The Hall–Kier alpha value is -3.57. The molecule has 1 atom stereocenters. The van der Waals surface area contributed by atoms with Crippen molar-refractivity contribution in [1.82, 2.24) is 0 Å². The fourth-order valence-corrected chi connectivity index (χ4v) is 4.74. The summed E-state index contributed by atoms with van der Waals surface area (Å²) in [6, 6.07) is 16.6. The summed E-state index contributed by atoms with van der Waals surface area (Å²) >= 11 is 3.45. The van der Waals surface area contributed by atoms with Crippen LogP contribution in [0.4, 0.5) is 5.69 Å². The number of nitrogens with zero attached hydrogens (tertiary/aromatic N) is 2. The number of halogens is 1. The van der Waals surface area contributed by atoms with E-state index < -0.39 is 17.3 Å². The number of ether oxygens (including phenoxy) is 2. The van der Waals surface area contributed by atoms with E-state index in [1.54, 1.807) is 29.2 Å². The Bertz CT molecular complexity index is 1230. The number of hydrogen-bond acceptors (Lipinski definition) is 6. The Morgan fingerprint density at radius 1 is 1.29 bits per heavy atom. The first-order valence-corrected chi connectivity index (χ1v) is 10.2. The molecule has 2 aliphatic rings. The van der Waals surface area contributed by atoms with Gasteiger partial charge in [0.05, 0.1) is 13.7 Å². The molecule has 0 saturated heterocycles. The van der Waals surface area contributed by atoms with Crippen LogP contribution in [-0.2, 0) is 31.0 Å². The fraction of sp³-hybridized carbons (Fsp3) is 0.174. The predicted octanol–water partition coefficient (Wildman–Crippen LogP) is 3.40. The zero-order valence-corrected chi connectivity index (χ0v) is 18.4. The maximum atomic E-state index is 14.1. The van der Waals surface area contributed by atoms with Crippen molar-refractivity contribution in [2.24, 2.45) is 5.73 Å². The van der Waals surface area contributed by atoms with Crippen LogP contribution in [0.1, 0.15) is 18.1 Å². The van der Waals surface area contributed by atoms with Crippen LogP contribution in [0.25, 0.3) is 0 Å². The second-order valence-corrected chi connectivity index (χ2v) is 8.08. The molecule has 2 heterocycles. The topological polar surface area (TPSA) is 106 Å². The second kappa shape index (κ2) is 7.60. The fourth-order valence-electron chi connectivity index (χ4n) is 4.29. The molecule has 2 N–H and O–H groups in total. The van der Waals surface area contributed by atoms with Gasteiger partial charge in [0.1, 0.15) is 23.0 Å². The third-order valence-corrected chi connectivity index (χ3v) is 6.00. The van der Waals surface area contributed by atoms with Crippen LogP contribution in [0.15, 0.2) is 75.8 Å². The summed E-state index contributed by atoms with van der Waals surface area (Å²) in [6.07, 6.45) is 0. The highest BCUT2D eigenvalue weighted by Gasteiger charge is 2.62. The Morgan fingerprint density at radius 3 is 2.71 bits per heavy atom. The predicted molar refractivity (Wildman–Crippen MR) is 116 cm³/mol. The van der Waals surface area contributed by atoms with Crippen LogP contribution in [0.2, 0.25) is 0 Å². The molecule has 4 rings (SSSR count). The van der Waals surface area contributed by atoms with Gasteiger partial charge in [-0.05, 0) is 30.7 Å². The van der Waals surface area contributed by atoms with E-state index in [1.807, 2.05) is 30.3 Å². The van der Waals surface area contributed by atoms with Gasteiger partial charge in [0, 0.05) is 15.7 Å². The first-order chi connectivity index (χ1) is 14.9. The minimum atomic E-state index is -1.74. The molecule has 2 aliphatic heterocycles. The van der Waals surface area contributed by atoms with Crippen LogP contribution in [-0.4, -0.2) is 19.0 Å². The quantitative estimate of drug-likeness (QED) is 0.676. The first-order valence-electron chi connectivity index (χ1n) is 9.40. The molecule has 0 fully saturated rings. The van der Waals surface area contributed by atoms with Crippen molar-refractivity contribution in [3.8, 4) is 6.07 Å². The molecule has 0 aliphatic carbocycles. The number of esters is 1. The van der Waals surface area contributed by atoms with E-state index in [-0.39, 0.29) is 29.3 Å². The van der Waals surface area contributed by atoms with Crippen molar-refractivity contribution in [2.75, 3.05) is 12.0 Å². The summed E-state index contributed by atoms with van der Waals surface area (Å²) in [5.74, 6) is -1.31. The van der Waals surface area contributed by atoms with Crippen molar-refractivity contribution in [1.29, 1.82) is 5.26 Å². The molecule has 7 nitrogen and oxygen atoms in total. The molecule has 8 heteroatoms. The summed E-state index contributed by atoms with van der Waals surface area (Å²) in [6.45, 7) is 1.77. The number of nitriles is 1. The third kappa shape index (κ3) is 2.93. The van der Waals surface area contributed by atoms with Gasteiger partial charge in [-0.3, -0.25) is 4.79 Å². The summed E-state index contributed by atoms with van der Waals surface area (Å²) in [5, 5.41) is 9.98. The van der Waals surface area contributed by atoms with Gasteiger partial charge in [-0.15, -0.1) is 0 Å². The maximum absolute atomic E-state index is 14.1. The molecular formula is C23H18BrN3O4. The van der Waals surface area contributed by atoms with E-state index in [9.17, 15) is 14.9 Å². The molecule has 0 unspecified atom stereocenters. The SMILES string of the molecule is COC(=O)C1=C(C)OC(N)=C(C#N)[C@@]12C(=O)N(Cc1cccc(Br)c1)c1ccccc12. The van der Waals surface area contributed by atoms with Gasteiger partial charge in [0.25, 0.3) is 0 Å². The lowest BCUT2D eigenvalue weighted by Gasteiger charge is -2.34. The van der Waals surface area contributed by atoms with Crippen LogP contribution in [0.5, 0.6) is 0 Å². The second-order valence-electron chi connectivity index (χ2n) is 7.16. The summed E-state index contributed by atoms with van der Waals surface area (Å²) in [4.78, 5) is 28.5. The number of carbonyl (C=O) groups is 2. The smallest absolute Gasteiger partial charge is 0.339 e. The van der Waals surface area contributed by atoms with Gasteiger partial charge in [-0.25, -0.2) is 4.79 Å². The Morgan fingerprint density at radius 2 is 2.03 bits per heavy atom. The number of para-hydroxylation sites is 1. The molecule has 31 heavy (non-hydrogen) atoms. The van der Waals surface area contributed by atoms with Crippen molar-refractivity contribution in [2.45, 2.75) is 18.9 Å². The van der Waals surface area contributed by atoms with Gasteiger partial charge < -0.3 is 20.1 Å². The van der Waals surface area contributed by atoms with Gasteiger partial charge >= 0.3 is 5.97 Å². The van der Waals surface area contributed by atoms with Crippen molar-refractivity contribution in [3.63, 3.8) is 0 Å². The Labute approximate surface area is 187 Å². The molecule has 1 amide bonds. The maximum Gasteiger partial charge on any atom is 0.339 e. The van der Waals surface area contributed by atoms with Crippen LogP contribution >= 0.6 is 15.9 Å². The standard InChI is InChI=1S/C23H18BrN3O4/c1-13-19(21(28)30-2)23(17(11-25)20(26)31-13)16-8-3-4-9-18(16)27(22(23)29)12-14-6-5-7-15(24)10-14/h3-10H,12,26H2,1-2H3/t23-/m1/s1. The number of carbonyl (C=O) groups excluding carboxylic acids is 2. The normalized spacial score (nSPS) is 19.9. The number of rotatable bonds is 3. The average molecular weight is 480 g/mol.